The fraction of sp³-hybridized carbons (Fsp3) is 0.250. The first kappa shape index (κ1) is 9.44. The molecule has 0 atom stereocenters. The average molecular weight is 254 g/mol. The molecule has 34 valence electrons. The van der Waals surface area contributed by atoms with Crippen LogP contribution >= 0.6 is 0 Å². The molecule has 2 heteroatoms. The van der Waals surface area contributed by atoms with E-state index in [1.165, 1.54) is 13.0 Å². The third kappa shape index (κ3) is 8.94. The van der Waals surface area contributed by atoms with Crippen LogP contribution in [0.25, 0.3) is 0 Å². The van der Waals surface area contributed by atoms with Crippen molar-refractivity contribution in [2.45, 2.75) is 6.92 Å². The molecule has 0 rings (SSSR count). The molecular formula is C4H6OW. The van der Waals surface area contributed by atoms with Crippen molar-refractivity contribution < 1.29 is 25.9 Å². The van der Waals surface area contributed by atoms with Crippen molar-refractivity contribution in [3.63, 3.8) is 0 Å². The van der Waals surface area contributed by atoms with Crippen LogP contribution < -0.4 is 0 Å². The van der Waals surface area contributed by atoms with E-state index in [4.69, 9.17) is 0 Å². The van der Waals surface area contributed by atoms with Gasteiger partial charge in [-0.25, -0.2) is 0 Å². The first-order valence-corrected chi connectivity index (χ1v) is 1.40. The fourth-order valence-electron chi connectivity index (χ4n) is 0. The Bertz CT molecular complexity index is 58.6. The van der Waals surface area contributed by atoms with E-state index in [1.807, 2.05) is 0 Å². The van der Waals surface area contributed by atoms with Crippen LogP contribution in [-0.2, 0) is 25.9 Å². The maximum absolute atomic E-state index is 9.69. The van der Waals surface area contributed by atoms with Crippen molar-refractivity contribution in [3.05, 3.63) is 12.7 Å². The molecule has 0 fully saturated rings. The summed E-state index contributed by atoms with van der Waals surface area (Å²) >= 11 is 0. The van der Waals surface area contributed by atoms with E-state index in [-0.39, 0.29) is 26.8 Å². The zero-order valence-electron chi connectivity index (χ0n) is 3.60. The number of carbonyl (C=O) groups excluding carboxylic acids is 1. The Morgan fingerprint density at radius 3 is 2.00 bits per heavy atom. The van der Waals surface area contributed by atoms with E-state index in [2.05, 4.69) is 6.58 Å². The number of ketones is 1. The van der Waals surface area contributed by atoms with Gasteiger partial charge in [0.05, 0.1) is 0 Å². The minimum absolute atomic E-state index is 0. The van der Waals surface area contributed by atoms with Gasteiger partial charge in [-0.1, -0.05) is 6.58 Å². The number of hydrogen-bond acceptors (Lipinski definition) is 1. The SMILES string of the molecule is C=CC(C)=O.[W]. The molecule has 0 unspecified atom stereocenters. The van der Waals surface area contributed by atoms with E-state index in [9.17, 15) is 4.79 Å². The molecule has 0 N–H and O–H groups in total. The Labute approximate surface area is 51.7 Å². The van der Waals surface area contributed by atoms with Gasteiger partial charge in [-0.05, 0) is 13.0 Å². The molecule has 0 saturated heterocycles. The quantitative estimate of drug-likeness (QED) is 0.631. The summed E-state index contributed by atoms with van der Waals surface area (Å²) in [7, 11) is 0. The van der Waals surface area contributed by atoms with Crippen molar-refractivity contribution in [2.75, 3.05) is 0 Å². The van der Waals surface area contributed by atoms with Gasteiger partial charge in [0.25, 0.3) is 0 Å². The van der Waals surface area contributed by atoms with Crippen molar-refractivity contribution >= 4 is 5.78 Å². The average Bonchev–Trinajstić information content (AvgIpc) is 1.38. The van der Waals surface area contributed by atoms with E-state index < -0.39 is 0 Å². The van der Waals surface area contributed by atoms with Gasteiger partial charge in [0.15, 0.2) is 5.78 Å². The molecule has 0 aliphatic carbocycles. The Morgan fingerprint density at radius 1 is 1.83 bits per heavy atom. The molecule has 0 saturated carbocycles. The summed E-state index contributed by atoms with van der Waals surface area (Å²) < 4.78 is 0. The van der Waals surface area contributed by atoms with Crippen LogP contribution in [0, 0.1) is 0 Å². The number of carbonyl (C=O) groups is 1. The van der Waals surface area contributed by atoms with E-state index in [0.717, 1.165) is 0 Å². The Kier molecular flexibility index (Phi) is 8.02. The van der Waals surface area contributed by atoms with Crippen LogP contribution in [0.4, 0.5) is 0 Å². The molecule has 0 aromatic carbocycles. The van der Waals surface area contributed by atoms with Crippen LogP contribution in [0.3, 0.4) is 0 Å². The van der Waals surface area contributed by atoms with E-state index in [1.54, 1.807) is 0 Å². The summed E-state index contributed by atoms with van der Waals surface area (Å²) in [5.41, 5.74) is 0. The van der Waals surface area contributed by atoms with Gasteiger partial charge in [-0.2, -0.15) is 0 Å². The maximum Gasteiger partial charge on any atom is 0.152 e. The minimum Gasteiger partial charge on any atom is -0.295 e. The zero-order chi connectivity index (χ0) is 4.28. The molecule has 0 bridgehead atoms. The maximum atomic E-state index is 9.69. The van der Waals surface area contributed by atoms with Gasteiger partial charge < -0.3 is 0 Å². The number of allylic oxidation sites excluding steroid dienone is 1. The van der Waals surface area contributed by atoms with Gasteiger partial charge in [0.1, 0.15) is 0 Å². The minimum atomic E-state index is 0. The summed E-state index contributed by atoms with van der Waals surface area (Å²) in [6.07, 6.45) is 1.28. The molecule has 6 heavy (non-hydrogen) atoms. The van der Waals surface area contributed by atoms with Crippen molar-refractivity contribution in [1.82, 2.24) is 0 Å². The predicted octanol–water partition coefficient (Wildman–Crippen LogP) is 0.759. The summed E-state index contributed by atoms with van der Waals surface area (Å²) in [5, 5.41) is 0. The fourth-order valence-corrected chi connectivity index (χ4v) is 0. The van der Waals surface area contributed by atoms with Gasteiger partial charge in [0.2, 0.25) is 0 Å². The largest absolute Gasteiger partial charge is 0.295 e. The molecule has 0 spiro atoms. The Morgan fingerprint density at radius 2 is 2.00 bits per heavy atom. The monoisotopic (exact) mass is 254 g/mol. The topological polar surface area (TPSA) is 17.1 Å². The van der Waals surface area contributed by atoms with Crippen molar-refractivity contribution in [3.8, 4) is 0 Å². The third-order valence-corrected chi connectivity index (χ3v) is 0.287. The second-order valence-corrected chi connectivity index (χ2v) is 0.815. The molecule has 0 heterocycles. The normalized spacial score (nSPS) is 5.50. The molecule has 0 aromatic rings. The van der Waals surface area contributed by atoms with Gasteiger partial charge in [-0.15, -0.1) is 0 Å². The predicted molar refractivity (Wildman–Crippen MR) is 20.9 cm³/mol. The molecular weight excluding hydrogens is 248 g/mol. The van der Waals surface area contributed by atoms with Gasteiger partial charge in [-0.3, -0.25) is 4.79 Å². The third-order valence-electron chi connectivity index (χ3n) is 0.287. The molecule has 0 aliphatic heterocycles. The molecule has 1 nitrogen and oxygen atoms in total. The Balaban J connectivity index is 0. The van der Waals surface area contributed by atoms with Crippen molar-refractivity contribution in [1.29, 1.82) is 0 Å². The molecule has 0 amide bonds. The van der Waals surface area contributed by atoms with E-state index >= 15 is 0 Å². The van der Waals surface area contributed by atoms with Crippen LogP contribution in [-0.4, -0.2) is 5.78 Å². The first-order valence-electron chi connectivity index (χ1n) is 1.40. The van der Waals surface area contributed by atoms with Gasteiger partial charge in [0, 0.05) is 21.1 Å². The zero-order valence-corrected chi connectivity index (χ0v) is 6.53. The summed E-state index contributed by atoms with van der Waals surface area (Å²) in [6, 6.07) is 0. The van der Waals surface area contributed by atoms with Crippen LogP contribution in [0.15, 0.2) is 12.7 Å². The second kappa shape index (κ2) is 5.10. The second-order valence-electron chi connectivity index (χ2n) is 0.815. The standard InChI is InChI=1S/C4H6O.W/c1-3-4(2)5;/h3H,1H2,2H3;. The number of rotatable bonds is 1. The molecule has 0 aliphatic rings. The van der Waals surface area contributed by atoms with Gasteiger partial charge >= 0.3 is 0 Å². The van der Waals surface area contributed by atoms with Crippen LogP contribution in [0.2, 0.25) is 0 Å². The molecule has 0 radical (unpaired) electrons. The molecule has 0 aromatic heterocycles. The smallest absolute Gasteiger partial charge is 0.152 e. The number of hydrogen-bond donors (Lipinski definition) is 0. The van der Waals surface area contributed by atoms with E-state index in [0.29, 0.717) is 0 Å². The summed E-state index contributed by atoms with van der Waals surface area (Å²) in [4.78, 5) is 9.69. The van der Waals surface area contributed by atoms with Crippen molar-refractivity contribution in [2.24, 2.45) is 0 Å². The van der Waals surface area contributed by atoms with Crippen LogP contribution in [0.1, 0.15) is 6.92 Å². The van der Waals surface area contributed by atoms with Crippen LogP contribution in [0.5, 0.6) is 0 Å². The Hall–Kier alpha value is 0.0983. The summed E-state index contributed by atoms with van der Waals surface area (Å²) in [5.74, 6) is 0.0185. The first-order chi connectivity index (χ1) is 2.27. The summed E-state index contributed by atoms with van der Waals surface area (Å²) in [6.45, 7) is 4.68.